The van der Waals surface area contributed by atoms with Gasteiger partial charge in [-0.25, -0.2) is 0 Å². The van der Waals surface area contributed by atoms with Crippen molar-refractivity contribution in [2.24, 2.45) is 0 Å². The molecule has 2 N–H and O–H groups in total. The lowest BCUT2D eigenvalue weighted by Crippen LogP contribution is -2.51. The number of rotatable bonds is 7. The Morgan fingerprint density at radius 1 is 0.450 bits per heavy atom. The largest absolute Gasteiger partial charge is 0.395 e. The summed E-state index contributed by atoms with van der Waals surface area (Å²) in [6.45, 7) is 13.4. The van der Waals surface area contributed by atoms with E-state index in [-0.39, 0.29) is 13.2 Å². The van der Waals surface area contributed by atoms with E-state index in [9.17, 15) is 0 Å². The molecule has 0 aliphatic carbocycles. The third-order valence-electron chi connectivity index (χ3n) is 4.49. The van der Waals surface area contributed by atoms with Crippen molar-refractivity contribution in [2.75, 3.05) is 91.8 Å². The van der Waals surface area contributed by atoms with Gasteiger partial charge in [0.1, 0.15) is 0 Å². The van der Waals surface area contributed by atoms with Crippen LogP contribution in [0.4, 0.5) is 0 Å². The van der Waals surface area contributed by atoms with Gasteiger partial charge in [-0.05, 0) is 0 Å². The molecular formula is C14H30N4O2. The molecule has 0 aromatic rings. The van der Waals surface area contributed by atoms with Gasteiger partial charge in [-0.1, -0.05) is 0 Å². The molecule has 2 fully saturated rings. The molecule has 118 valence electrons. The summed E-state index contributed by atoms with van der Waals surface area (Å²) >= 11 is 0. The minimum Gasteiger partial charge on any atom is -0.395 e. The number of aliphatic hydroxyl groups excluding tert-OH is 2. The van der Waals surface area contributed by atoms with Gasteiger partial charge in [-0.3, -0.25) is 19.6 Å². The summed E-state index contributed by atoms with van der Waals surface area (Å²) in [4.78, 5) is 9.75. The standard InChI is InChI=1S/C14H30N4O2/c19-13-11-17-7-3-15(4-8-17)1-2-16-5-9-18(10-6-16)12-14-20/h19-20H,1-14H2. The third kappa shape index (κ3) is 5.27. The lowest BCUT2D eigenvalue weighted by molar-refractivity contribution is 0.0821. The molecule has 6 heteroatoms. The molecule has 2 aliphatic rings. The molecule has 0 unspecified atom stereocenters. The second kappa shape index (κ2) is 8.92. The normalized spacial score (nSPS) is 24.3. The highest BCUT2D eigenvalue weighted by molar-refractivity contribution is 4.75. The maximum Gasteiger partial charge on any atom is 0.0558 e. The van der Waals surface area contributed by atoms with Crippen molar-refractivity contribution in [2.45, 2.75) is 0 Å². The van der Waals surface area contributed by atoms with Crippen LogP contribution in [0.5, 0.6) is 0 Å². The van der Waals surface area contributed by atoms with Crippen molar-refractivity contribution in [1.29, 1.82) is 0 Å². The Labute approximate surface area is 122 Å². The Balaban J connectivity index is 1.55. The van der Waals surface area contributed by atoms with Gasteiger partial charge in [0.25, 0.3) is 0 Å². The molecule has 0 aromatic carbocycles. The smallest absolute Gasteiger partial charge is 0.0558 e. The first-order valence-corrected chi connectivity index (χ1v) is 7.93. The Morgan fingerprint density at radius 3 is 0.950 bits per heavy atom. The molecule has 0 amide bonds. The van der Waals surface area contributed by atoms with E-state index in [2.05, 4.69) is 19.6 Å². The van der Waals surface area contributed by atoms with Gasteiger partial charge in [-0.2, -0.15) is 0 Å². The molecular weight excluding hydrogens is 256 g/mol. The molecule has 0 radical (unpaired) electrons. The van der Waals surface area contributed by atoms with E-state index in [1.807, 2.05) is 0 Å². The fraction of sp³-hybridized carbons (Fsp3) is 1.00. The van der Waals surface area contributed by atoms with Crippen LogP contribution in [0.15, 0.2) is 0 Å². The maximum absolute atomic E-state index is 8.94. The first-order chi connectivity index (χ1) is 9.81. The molecule has 0 spiro atoms. The highest BCUT2D eigenvalue weighted by Gasteiger charge is 2.19. The molecule has 0 atom stereocenters. The lowest BCUT2D eigenvalue weighted by atomic mass is 10.3. The van der Waals surface area contributed by atoms with Gasteiger partial charge < -0.3 is 10.2 Å². The van der Waals surface area contributed by atoms with Crippen LogP contribution in [0.3, 0.4) is 0 Å². The van der Waals surface area contributed by atoms with Gasteiger partial charge in [0.15, 0.2) is 0 Å². The number of piperazine rings is 2. The van der Waals surface area contributed by atoms with Gasteiger partial charge >= 0.3 is 0 Å². The fourth-order valence-electron chi connectivity index (χ4n) is 3.04. The summed E-state index contributed by atoms with van der Waals surface area (Å²) in [7, 11) is 0. The van der Waals surface area contributed by atoms with Crippen LogP contribution in [0.1, 0.15) is 0 Å². The Bertz CT molecular complexity index is 226. The molecule has 6 nitrogen and oxygen atoms in total. The molecule has 2 saturated heterocycles. The van der Waals surface area contributed by atoms with E-state index >= 15 is 0 Å². The van der Waals surface area contributed by atoms with Crippen molar-refractivity contribution >= 4 is 0 Å². The lowest BCUT2D eigenvalue weighted by Gasteiger charge is -2.38. The van der Waals surface area contributed by atoms with Crippen LogP contribution < -0.4 is 0 Å². The van der Waals surface area contributed by atoms with E-state index in [1.165, 1.54) is 0 Å². The van der Waals surface area contributed by atoms with Crippen LogP contribution in [0.25, 0.3) is 0 Å². The van der Waals surface area contributed by atoms with Crippen LogP contribution in [-0.2, 0) is 0 Å². The molecule has 20 heavy (non-hydrogen) atoms. The summed E-state index contributed by atoms with van der Waals surface area (Å²) in [5.74, 6) is 0. The number of nitrogens with zero attached hydrogens (tertiary/aromatic N) is 4. The van der Waals surface area contributed by atoms with Crippen LogP contribution in [-0.4, -0.2) is 122 Å². The molecule has 2 rings (SSSR count). The van der Waals surface area contributed by atoms with E-state index < -0.39 is 0 Å². The topological polar surface area (TPSA) is 53.4 Å². The van der Waals surface area contributed by atoms with E-state index in [0.29, 0.717) is 0 Å². The minimum absolute atomic E-state index is 0.276. The van der Waals surface area contributed by atoms with Crippen LogP contribution in [0.2, 0.25) is 0 Å². The number of aliphatic hydroxyl groups is 2. The summed E-state index contributed by atoms with van der Waals surface area (Å²) in [6, 6.07) is 0. The monoisotopic (exact) mass is 286 g/mol. The van der Waals surface area contributed by atoms with Gasteiger partial charge in [0.05, 0.1) is 13.2 Å². The SMILES string of the molecule is OCCN1CCN(CCN2CCN(CCO)CC2)CC1. The number of hydrogen-bond acceptors (Lipinski definition) is 6. The number of β-amino-alcohol motifs (C(OH)–C–C–N with tert-alkyl or cyclic N) is 2. The predicted molar refractivity (Wildman–Crippen MR) is 79.9 cm³/mol. The van der Waals surface area contributed by atoms with E-state index in [0.717, 1.165) is 78.5 Å². The number of hydrogen-bond donors (Lipinski definition) is 2. The van der Waals surface area contributed by atoms with Crippen LogP contribution in [0, 0.1) is 0 Å². The van der Waals surface area contributed by atoms with Gasteiger partial charge in [-0.15, -0.1) is 0 Å². The molecule has 0 saturated carbocycles. The molecule has 2 heterocycles. The highest BCUT2D eigenvalue weighted by atomic mass is 16.3. The maximum atomic E-state index is 8.94. The zero-order chi connectivity index (χ0) is 14.2. The summed E-state index contributed by atoms with van der Waals surface area (Å²) < 4.78 is 0. The Hall–Kier alpha value is -0.240. The minimum atomic E-state index is 0.276. The Kier molecular flexibility index (Phi) is 7.19. The average molecular weight is 286 g/mol. The van der Waals surface area contributed by atoms with Gasteiger partial charge in [0.2, 0.25) is 0 Å². The van der Waals surface area contributed by atoms with Crippen molar-refractivity contribution in [3.05, 3.63) is 0 Å². The van der Waals surface area contributed by atoms with Gasteiger partial charge in [0, 0.05) is 78.5 Å². The highest BCUT2D eigenvalue weighted by Crippen LogP contribution is 2.04. The van der Waals surface area contributed by atoms with Crippen molar-refractivity contribution in [1.82, 2.24) is 19.6 Å². The molecule has 0 aromatic heterocycles. The Morgan fingerprint density at radius 2 is 0.700 bits per heavy atom. The van der Waals surface area contributed by atoms with Crippen LogP contribution >= 0.6 is 0 Å². The first-order valence-electron chi connectivity index (χ1n) is 7.93. The van der Waals surface area contributed by atoms with E-state index in [4.69, 9.17) is 10.2 Å². The quantitative estimate of drug-likeness (QED) is 0.576. The van der Waals surface area contributed by atoms with Crippen molar-refractivity contribution in [3.63, 3.8) is 0 Å². The second-order valence-electron chi connectivity index (χ2n) is 5.81. The van der Waals surface area contributed by atoms with Crippen molar-refractivity contribution < 1.29 is 10.2 Å². The third-order valence-corrected chi connectivity index (χ3v) is 4.49. The second-order valence-corrected chi connectivity index (χ2v) is 5.81. The summed E-state index contributed by atoms with van der Waals surface area (Å²) in [5, 5.41) is 17.9. The molecule has 2 aliphatic heterocycles. The first kappa shape index (κ1) is 16.1. The summed E-state index contributed by atoms with van der Waals surface area (Å²) in [5.41, 5.74) is 0. The summed E-state index contributed by atoms with van der Waals surface area (Å²) in [6.07, 6.45) is 0. The fourth-order valence-corrected chi connectivity index (χ4v) is 3.04. The molecule has 0 bridgehead atoms. The average Bonchev–Trinajstić information content (AvgIpc) is 2.49. The van der Waals surface area contributed by atoms with E-state index in [1.54, 1.807) is 0 Å². The predicted octanol–water partition coefficient (Wildman–Crippen LogP) is -1.79. The zero-order valence-corrected chi connectivity index (χ0v) is 12.6. The zero-order valence-electron chi connectivity index (χ0n) is 12.6. The van der Waals surface area contributed by atoms with Crippen molar-refractivity contribution in [3.8, 4) is 0 Å².